The van der Waals surface area contributed by atoms with E-state index in [1.807, 2.05) is 5.38 Å². The highest BCUT2D eigenvalue weighted by atomic mass is 32.1. The van der Waals surface area contributed by atoms with Gasteiger partial charge in [0.2, 0.25) is 0 Å². The first-order valence-electron chi connectivity index (χ1n) is 4.50. The third kappa shape index (κ3) is 2.71. The van der Waals surface area contributed by atoms with E-state index in [4.69, 9.17) is 0 Å². The van der Waals surface area contributed by atoms with Crippen molar-refractivity contribution in [3.63, 3.8) is 0 Å². The lowest BCUT2D eigenvalue weighted by Gasteiger charge is -1.96. The summed E-state index contributed by atoms with van der Waals surface area (Å²) in [7, 11) is 0. The summed E-state index contributed by atoms with van der Waals surface area (Å²) in [5, 5.41) is 6.35. The Morgan fingerprint density at radius 2 is 2.31 bits per heavy atom. The Bertz CT molecular complexity index is 481. The van der Waals surface area contributed by atoms with Crippen molar-refractivity contribution >= 4 is 23.5 Å². The van der Waals surface area contributed by atoms with E-state index in [9.17, 15) is 4.79 Å². The van der Waals surface area contributed by atoms with Crippen LogP contribution >= 0.6 is 11.3 Å². The first-order valence-corrected chi connectivity index (χ1v) is 5.38. The molecule has 0 aliphatic heterocycles. The minimum Gasteiger partial charge on any atom is -0.266 e. The van der Waals surface area contributed by atoms with Gasteiger partial charge < -0.3 is 0 Å². The zero-order valence-corrected chi connectivity index (χ0v) is 9.02. The summed E-state index contributed by atoms with van der Waals surface area (Å²) in [6.07, 6.45) is 4.72. The molecule has 0 bridgehead atoms. The normalized spacial score (nSPS) is 10.5. The Balaban J connectivity index is 1.94. The molecule has 0 fully saturated rings. The van der Waals surface area contributed by atoms with E-state index in [1.54, 1.807) is 30.6 Å². The van der Waals surface area contributed by atoms with Crippen molar-refractivity contribution in [1.29, 1.82) is 0 Å². The Morgan fingerprint density at radius 1 is 1.38 bits per heavy atom. The monoisotopic (exact) mass is 232 g/mol. The molecule has 0 aliphatic carbocycles. The zero-order chi connectivity index (χ0) is 11.2. The number of nitrogens with one attached hydrogen (secondary N) is 1. The molecule has 80 valence electrons. The van der Waals surface area contributed by atoms with Crippen molar-refractivity contribution in [2.45, 2.75) is 0 Å². The van der Waals surface area contributed by atoms with Gasteiger partial charge in [0.15, 0.2) is 0 Å². The Morgan fingerprint density at radius 3 is 3.00 bits per heavy atom. The van der Waals surface area contributed by atoms with Crippen LogP contribution in [-0.2, 0) is 0 Å². The number of hydrogen-bond donors (Lipinski definition) is 1. The second-order valence-electron chi connectivity index (χ2n) is 2.78. The van der Waals surface area contributed by atoms with Crippen molar-refractivity contribution in [2.75, 3.05) is 0 Å². The molecule has 0 atom stereocenters. The van der Waals surface area contributed by atoms with Gasteiger partial charge in [-0.25, -0.2) is 10.4 Å². The van der Waals surface area contributed by atoms with Crippen molar-refractivity contribution in [2.24, 2.45) is 5.10 Å². The van der Waals surface area contributed by atoms with E-state index in [-0.39, 0.29) is 5.91 Å². The maximum absolute atomic E-state index is 11.5. The second-order valence-corrected chi connectivity index (χ2v) is 3.71. The van der Waals surface area contributed by atoms with E-state index < -0.39 is 0 Å². The molecular weight excluding hydrogens is 224 g/mol. The fourth-order valence-corrected chi connectivity index (χ4v) is 1.50. The van der Waals surface area contributed by atoms with Crippen LogP contribution in [0.25, 0.3) is 0 Å². The van der Waals surface area contributed by atoms with Crippen LogP contribution in [0.15, 0.2) is 41.1 Å². The van der Waals surface area contributed by atoms with Gasteiger partial charge in [-0.3, -0.25) is 9.78 Å². The highest BCUT2D eigenvalue weighted by Crippen LogP contribution is 1.99. The van der Waals surface area contributed by atoms with Gasteiger partial charge in [0.25, 0.3) is 5.91 Å². The molecule has 0 unspecified atom stereocenters. The van der Waals surface area contributed by atoms with E-state index in [1.165, 1.54) is 17.6 Å². The Labute approximate surface area is 95.9 Å². The summed E-state index contributed by atoms with van der Waals surface area (Å²) in [4.78, 5) is 19.4. The lowest BCUT2D eigenvalue weighted by molar-refractivity contribution is 0.0950. The number of amides is 1. The van der Waals surface area contributed by atoms with Crippen LogP contribution in [0.5, 0.6) is 0 Å². The van der Waals surface area contributed by atoms with Gasteiger partial charge in [-0.15, -0.1) is 11.3 Å². The van der Waals surface area contributed by atoms with Gasteiger partial charge in [-0.1, -0.05) is 6.07 Å². The summed E-state index contributed by atoms with van der Waals surface area (Å²) in [6, 6.07) is 5.11. The molecule has 0 saturated carbocycles. The minimum atomic E-state index is -0.339. The number of nitrogens with zero attached hydrogens (tertiary/aromatic N) is 3. The maximum atomic E-state index is 11.5. The van der Waals surface area contributed by atoms with Crippen LogP contribution in [0, 0.1) is 0 Å². The quantitative estimate of drug-likeness (QED) is 0.640. The molecule has 0 radical (unpaired) electrons. The number of carbonyl (C=O) groups is 1. The summed E-state index contributed by atoms with van der Waals surface area (Å²) in [5.41, 5.74) is 2.70. The molecule has 2 aromatic heterocycles. The van der Waals surface area contributed by atoms with Gasteiger partial charge in [0, 0.05) is 17.8 Å². The molecular formula is C10H8N4OS. The standard InChI is InChI=1S/C10H8N4OS/c15-10(8-3-1-2-4-11-8)14-13-7-9-12-5-6-16-9/h1-7H,(H,14,15)/b13-7+. The predicted molar refractivity (Wildman–Crippen MR) is 61.4 cm³/mol. The maximum Gasteiger partial charge on any atom is 0.289 e. The lowest BCUT2D eigenvalue weighted by Crippen LogP contribution is -2.18. The molecule has 0 aliphatic rings. The first kappa shape index (κ1) is 10.4. The molecule has 1 N–H and O–H groups in total. The highest BCUT2D eigenvalue weighted by molar-refractivity contribution is 7.11. The van der Waals surface area contributed by atoms with Crippen molar-refractivity contribution in [3.8, 4) is 0 Å². The highest BCUT2D eigenvalue weighted by Gasteiger charge is 2.03. The fraction of sp³-hybridized carbons (Fsp3) is 0. The van der Waals surface area contributed by atoms with Crippen LogP contribution in [0.2, 0.25) is 0 Å². The molecule has 0 saturated heterocycles. The van der Waals surface area contributed by atoms with Crippen molar-refractivity contribution in [1.82, 2.24) is 15.4 Å². The SMILES string of the molecule is O=C(N/N=C/c1nccs1)c1ccccn1. The molecule has 2 heterocycles. The second kappa shape index (κ2) is 5.13. The summed E-state index contributed by atoms with van der Waals surface area (Å²) in [5.74, 6) is -0.339. The van der Waals surface area contributed by atoms with E-state index in [0.717, 1.165) is 5.01 Å². The van der Waals surface area contributed by atoms with Gasteiger partial charge in [-0.05, 0) is 12.1 Å². The van der Waals surface area contributed by atoms with E-state index in [0.29, 0.717) is 5.69 Å². The van der Waals surface area contributed by atoms with Crippen LogP contribution in [0.4, 0.5) is 0 Å². The molecule has 0 aromatic carbocycles. The third-order valence-electron chi connectivity index (χ3n) is 1.69. The fourth-order valence-electron chi connectivity index (χ4n) is 0.999. The van der Waals surface area contributed by atoms with Crippen LogP contribution in [0.3, 0.4) is 0 Å². The number of aromatic nitrogens is 2. The smallest absolute Gasteiger partial charge is 0.266 e. The van der Waals surface area contributed by atoms with Gasteiger partial charge in [-0.2, -0.15) is 5.10 Å². The van der Waals surface area contributed by atoms with Crippen LogP contribution in [0.1, 0.15) is 15.5 Å². The number of carbonyl (C=O) groups excluding carboxylic acids is 1. The zero-order valence-electron chi connectivity index (χ0n) is 8.20. The van der Waals surface area contributed by atoms with Gasteiger partial charge in [0.05, 0.1) is 6.21 Å². The molecule has 2 aromatic rings. The van der Waals surface area contributed by atoms with E-state index >= 15 is 0 Å². The Kier molecular flexibility index (Phi) is 3.35. The number of hydrogen-bond acceptors (Lipinski definition) is 5. The van der Waals surface area contributed by atoms with Gasteiger partial charge >= 0.3 is 0 Å². The van der Waals surface area contributed by atoms with Crippen molar-refractivity contribution < 1.29 is 4.79 Å². The molecule has 0 spiro atoms. The average molecular weight is 232 g/mol. The number of rotatable bonds is 3. The van der Waals surface area contributed by atoms with E-state index in [2.05, 4.69) is 20.5 Å². The van der Waals surface area contributed by atoms with Crippen molar-refractivity contribution in [3.05, 3.63) is 46.7 Å². The average Bonchev–Trinajstić information content (AvgIpc) is 2.83. The summed E-state index contributed by atoms with van der Waals surface area (Å²) < 4.78 is 0. The lowest BCUT2D eigenvalue weighted by atomic mass is 10.3. The first-order chi connectivity index (χ1) is 7.86. The number of thiazole rings is 1. The summed E-state index contributed by atoms with van der Waals surface area (Å²) >= 11 is 1.44. The molecule has 16 heavy (non-hydrogen) atoms. The molecule has 5 nitrogen and oxygen atoms in total. The summed E-state index contributed by atoms with van der Waals surface area (Å²) in [6.45, 7) is 0. The van der Waals surface area contributed by atoms with Crippen LogP contribution < -0.4 is 5.43 Å². The molecule has 1 amide bonds. The third-order valence-corrected chi connectivity index (χ3v) is 2.40. The topological polar surface area (TPSA) is 67.2 Å². The Hall–Kier alpha value is -2.08. The predicted octanol–water partition coefficient (Wildman–Crippen LogP) is 1.30. The molecule has 2 rings (SSSR count). The number of hydrazone groups is 1. The van der Waals surface area contributed by atoms with Gasteiger partial charge in [0.1, 0.15) is 10.7 Å². The molecule has 6 heteroatoms. The van der Waals surface area contributed by atoms with Crippen LogP contribution in [-0.4, -0.2) is 22.1 Å². The minimum absolute atomic E-state index is 0.332. The number of pyridine rings is 1. The largest absolute Gasteiger partial charge is 0.289 e.